The largest absolute Gasteiger partial charge is 0.391 e. The fraction of sp³-hybridized carbons (Fsp3) is 0.522. The number of β-amino-alcohol motifs (C(OH)–C–C–N with tert-alkyl or cyclic N) is 1. The molecule has 2 heterocycles. The molecule has 6 heteroatoms. The number of hydrogen-bond donors (Lipinski definition) is 1. The maximum atomic E-state index is 12.9. The summed E-state index contributed by atoms with van der Waals surface area (Å²) in [4.78, 5) is 32.7. The number of hydrogen-bond acceptors (Lipinski definition) is 5. The molecule has 0 saturated carbocycles. The van der Waals surface area contributed by atoms with Crippen molar-refractivity contribution < 1.29 is 14.7 Å². The summed E-state index contributed by atoms with van der Waals surface area (Å²) in [5, 5.41) is 10.1. The molecule has 1 aliphatic rings. The van der Waals surface area contributed by atoms with E-state index in [1.807, 2.05) is 33.2 Å². The SMILES string of the molecule is Cc1ncsc1-c1ccc(CCC(=O)[C@@H]2C[C@@H](O)CN2C(=O)C(C)C(C)C)cc1. The Morgan fingerprint density at radius 2 is 1.93 bits per heavy atom. The van der Waals surface area contributed by atoms with Gasteiger partial charge in [0, 0.05) is 25.3 Å². The molecule has 2 aromatic rings. The number of aliphatic hydroxyl groups excluding tert-OH is 1. The van der Waals surface area contributed by atoms with Crippen molar-refractivity contribution in [3.63, 3.8) is 0 Å². The summed E-state index contributed by atoms with van der Waals surface area (Å²) < 4.78 is 0. The molecule has 0 bridgehead atoms. The van der Waals surface area contributed by atoms with E-state index in [4.69, 9.17) is 0 Å². The Morgan fingerprint density at radius 1 is 1.24 bits per heavy atom. The molecule has 1 unspecified atom stereocenters. The van der Waals surface area contributed by atoms with Crippen molar-refractivity contribution in [3.05, 3.63) is 41.0 Å². The van der Waals surface area contributed by atoms with E-state index in [1.165, 1.54) is 4.88 Å². The first-order valence-corrected chi connectivity index (χ1v) is 11.2. The Hall–Kier alpha value is -2.05. The van der Waals surface area contributed by atoms with Crippen LogP contribution in [0, 0.1) is 18.8 Å². The molecular formula is C23H30N2O3S. The molecule has 5 nitrogen and oxygen atoms in total. The Morgan fingerprint density at radius 3 is 2.52 bits per heavy atom. The van der Waals surface area contributed by atoms with E-state index in [0.717, 1.165) is 16.8 Å². The van der Waals surface area contributed by atoms with Gasteiger partial charge in [0.25, 0.3) is 0 Å². The minimum absolute atomic E-state index is 0.0285. The summed E-state index contributed by atoms with van der Waals surface area (Å²) in [7, 11) is 0. The zero-order valence-electron chi connectivity index (χ0n) is 17.6. The number of amides is 1. The van der Waals surface area contributed by atoms with Gasteiger partial charge >= 0.3 is 0 Å². The molecule has 1 N–H and O–H groups in total. The molecule has 1 aromatic heterocycles. The first-order valence-electron chi connectivity index (χ1n) is 10.3. The second-order valence-corrected chi connectivity index (χ2v) is 9.21. The quantitative estimate of drug-likeness (QED) is 0.747. The number of ketones is 1. The molecule has 1 amide bonds. The van der Waals surface area contributed by atoms with Gasteiger partial charge in [0.1, 0.15) is 0 Å². The zero-order valence-corrected chi connectivity index (χ0v) is 18.4. The second kappa shape index (κ2) is 9.18. The van der Waals surface area contributed by atoms with E-state index in [2.05, 4.69) is 29.2 Å². The second-order valence-electron chi connectivity index (χ2n) is 8.36. The van der Waals surface area contributed by atoms with Crippen LogP contribution >= 0.6 is 11.3 Å². The lowest BCUT2D eigenvalue weighted by Gasteiger charge is -2.28. The van der Waals surface area contributed by atoms with Gasteiger partial charge in [-0.05, 0) is 30.4 Å². The Labute approximate surface area is 176 Å². The molecule has 1 saturated heterocycles. The van der Waals surface area contributed by atoms with E-state index in [0.29, 0.717) is 19.3 Å². The number of Topliss-reactive ketones (excluding diaryl/α,β-unsaturated/α-hetero) is 1. The van der Waals surface area contributed by atoms with Crippen LogP contribution in [0.4, 0.5) is 0 Å². The highest BCUT2D eigenvalue weighted by atomic mass is 32.1. The van der Waals surface area contributed by atoms with Gasteiger partial charge in [-0.2, -0.15) is 0 Å². The summed E-state index contributed by atoms with van der Waals surface area (Å²) in [6.45, 7) is 8.16. The van der Waals surface area contributed by atoms with Crippen LogP contribution in [0.25, 0.3) is 10.4 Å². The summed E-state index contributed by atoms with van der Waals surface area (Å²) in [5.74, 6) is 0.0578. The lowest BCUT2D eigenvalue weighted by molar-refractivity contribution is -0.141. The van der Waals surface area contributed by atoms with Crippen molar-refractivity contribution in [3.8, 4) is 10.4 Å². The third-order valence-electron chi connectivity index (χ3n) is 5.94. The number of aryl methyl sites for hydroxylation is 2. The van der Waals surface area contributed by atoms with Crippen molar-refractivity contribution in [1.29, 1.82) is 0 Å². The monoisotopic (exact) mass is 414 g/mol. The maximum Gasteiger partial charge on any atom is 0.226 e. The number of thiazole rings is 1. The fourth-order valence-electron chi connectivity index (χ4n) is 3.75. The molecule has 3 rings (SSSR count). The average Bonchev–Trinajstić information content (AvgIpc) is 3.30. The number of benzene rings is 1. The number of rotatable bonds is 7. The number of carbonyl (C=O) groups is 2. The molecule has 0 aliphatic carbocycles. The molecule has 0 spiro atoms. The highest BCUT2D eigenvalue weighted by Crippen LogP contribution is 2.28. The maximum absolute atomic E-state index is 12.9. The summed E-state index contributed by atoms with van der Waals surface area (Å²) in [6, 6.07) is 7.74. The van der Waals surface area contributed by atoms with Crippen molar-refractivity contribution in [2.75, 3.05) is 6.54 Å². The minimum atomic E-state index is -0.616. The number of nitrogens with zero attached hydrogens (tertiary/aromatic N) is 2. The molecule has 0 radical (unpaired) electrons. The molecule has 29 heavy (non-hydrogen) atoms. The number of aromatic nitrogens is 1. The zero-order chi connectivity index (χ0) is 21.1. The smallest absolute Gasteiger partial charge is 0.226 e. The van der Waals surface area contributed by atoms with Gasteiger partial charge in [-0.15, -0.1) is 11.3 Å². The molecule has 156 valence electrons. The Balaban J connectivity index is 1.62. The fourth-order valence-corrected chi connectivity index (χ4v) is 4.56. The van der Waals surface area contributed by atoms with E-state index in [1.54, 1.807) is 16.2 Å². The third-order valence-corrected chi connectivity index (χ3v) is 6.92. The normalized spacial score (nSPS) is 20.3. The van der Waals surface area contributed by atoms with Crippen LogP contribution in [-0.4, -0.2) is 45.4 Å². The molecule has 1 aliphatic heterocycles. The van der Waals surface area contributed by atoms with Crippen molar-refractivity contribution in [2.45, 2.75) is 59.1 Å². The van der Waals surface area contributed by atoms with Crippen LogP contribution in [0.15, 0.2) is 29.8 Å². The van der Waals surface area contributed by atoms with Crippen LogP contribution in [-0.2, 0) is 16.0 Å². The lowest BCUT2D eigenvalue weighted by atomic mass is 9.95. The number of likely N-dealkylation sites (tertiary alicyclic amines) is 1. The van der Waals surface area contributed by atoms with E-state index in [-0.39, 0.29) is 30.1 Å². The first-order chi connectivity index (χ1) is 13.8. The van der Waals surface area contributed by atoms with Gasteiger partial charge in [0.05, 0.1) is 28.2 Å². The minimum Gasteiger partial charge on any atom is -0.391 e. The summed E-state index contributed by atoms with van der Waals surface area (Å²) in [6.07, 6.45) is 0.735. The van der Waals surface area contributed by atoms with E-state index in [9.17, 15) is 14.7 Å². The van der Waals surface area contributed by atoms with Crippen LogP contribution in [0.1, 0.15) is 44.9 Å². The summed E-state index contributed by atoms with van der Waals surface area (Å²) in [5.41, 5.74) is 5.10. The molecule has 1 aromatic carbocycles. The highest BCUT2D eigenvalue weighted by Gasteiger charge is 2.40. The van der Waals surface area contributed by atoms with Crippen LogP contribution in [0.5, 0.6) is 0 Å². The van der Waals surface area contributed by atoms with Crippen LogP contribution in [0.3, 0.4) is 0 Å². The molecule has 3 atom stereocenters. The van der Waals surface area contributed by atoms with Crippen molar-refractivity contribution in [1.82, 2.24) is 9.88 Å². The van der Waals surface area contributed by atoms with Gasteiger partial charge in [0.2, 0.25) is 5.91 Å². The molecular weight excluding hydrogens is 384 g/mol. The predicted molar refractivity (Wildman–Crippen MR) is 116 cm³/mol. The van der Waals surface area contributed by atoms with Gasteiger partial charge in [-0.1, -0.05) is 45.0 Å². The first kappa shape index (κ1) is 21.7. The summed E-state index contributed by atoms with van der Waals surface area (Å²) >= 11 is 1.62. The average molecular weight is 415 g/mol. The van der Waals surface area contributed by atoms with Crippen molar-refractivity contribution in [2.24, 2.45) is 11.8 Å². The lowest BCUT2D eigenvalue weighted by Crippen LogP contribution is -2.44. The predicted octanol–water partition coefficient (Wildman–Crippen LogP) is 3.87. The number of carbonyl (C=O) groups excluding carboxylic acids is 2. The highest BCUT2D eigenvalue weighted by molar-refractivity contribution is 7.13. The topological polar surface area (TPSA) is 70.5 Å². The standard InChI is InChI=1S/C23H30N2O3S/c1-14(2)15(3)23(28)25-12-19(26)11-20(25)21(27)10-7-17-5-8-18(9-6-17)22-16(4)24-13-29-22/h5-6,8-9,13-15,19-20,26H,7,10-12H2,1-4H3/t15?,19-,20+/m1/s1. The van der Waals surface area contributed by atoms with Gasteiger partial charge in [0.15, 0.2) is 5.78 Å². The Bertz CT molecular complexity index is 859. The van der Waals surface area contributed by atoms with Crippen LogP contribution in [0.2, 0.25) is 0 Å². The third kappa shape index (κ3) is 4.93. The number of aliphatic hydroxyl groups is 1. The van der Waals surface area contributed by atoms with E-state index >= 15 is 0 Å². The van der Waals surface area contributed by atoms with Crippen LogP contribution < -0.4 is 0 Å². The Kier molecular flexibility index (Phi) is 6.85. The van der Waals surface area contributed by atoms with Crippen molar-refractivity contribution >= 4 is 23.0 Å². The van der Waals surface area contributed by atoms with Gasteiger partial charge in [-0.3, -0.25) is 9.59 Å². The van der Waals surface area contributed by atoms with E-state index < -0.39 is 12.1 Å². The van der Waals surface area contributed by atoms with Gasteiger partial charge < -0.3 is 10.0 Å². The molecule has 1 fully saturated rings. The van der Waals surface area contributed by atoms with Gasteiger partial charge in [-0.25, -0.2) is 4.98 Å².